The number of Topliss-reactive ketones (excluding diaryl/α,β-unsaturated/α-hetero) is 1. The summed E-state index contributed by atoms with van der Waals surface area (Å²) in [7, 11) is 0. The van der Waals surface area contributed by atoms with Crippen LogP contribution in [0.2, 0.25) is 0 Å². The number of carbonyl (C=O) groups excluding carboxylic acids is 2. The van der Waals surface area contributed by atoms with E-state index in [2.05, 4.69) is 16.8 Å². The predicted octanol–water partition coefficient (Wildman–Crippen LogP) is 5.99. The Hall–Kier alpha value is -2.86. The van der Waals surface area contributed by atoms with E-state index < -0.39 is 5.92 Å². The SMILES string of the molecule is CCOc1ccccc1C1C(C(=O)OC2CCCC2)=C(C)NC2=C1C(=O)CC(c1cccs1)C2. The van der Waals surface area contributed by atoms with Gasteiger partial charge in [0, 0.05) is 39.7 Å². The molecule has 5 nitrogen and oxygen atoms in total. The molecule has 0 saturated heterocycles. The van der Waals surface area contributed by atoms with Gasteiger partial charge in [-0.25, -0.2) is 4.79 Å². The van der Waals surface area contributed by atoms with E-state index in [-0.39, 0.29) is 23.8 Å². The van der Waals surface area contributed by atoms with Crippen LogP contribution in [0.1, 0.15) is 74.6 Å². The number of thiophene rings is 1. The molecule has 1 saturated carbocycles. The second-order valence-corrected chi connectivity index (χ2v) is 10.3. The number of para-hydroxylation sites is 1. The van der Waals surface area contributed by atoms with Gasteiger partial charge in [-0.3, -0.25) is 4.79 Å². The molecule has 2 atom stereocenters. The maximum atomic E-state index is 13.7. The van der Waals surface area contributed by atoms with E-state index in [1.54, 1.807) is 11.3 Å². The molecule has 34 heavy (non-hydrogen) atoms. The van der Waals surface area contributed by atoms with Crippen LogP contribution in [0.3, 0.4) is 0 Å². The number of hydrogen-bond acceptors (Lipinski definition) is 6. The Bertz CT molecular complexity index is 1140. The molecule has 0 radical (unpaired) electrons. The number of carbonyl (C=O) groups is 2. The average Bonchev–Trinajstić information content (AvgIpc) is 3.53. The average molecular weight is 478 g/mol. The van der Waals surface area contributed by atoms with Gasteiger partial charge < -0.3 is 14.8 Å². The van der Waals surface area contributed by atoms with Gasteiger partial charge in [0.2, 0.25) is 0 Å². The van der Waals surface area contributed by atoms with Gasteiger partial charge in [0.25, 0.3) is 0 Å². The first-order valence-corrected chi connectivity index (χ1v) is 13.1. The molecule has 0 bridgehead atoms. The van der Waals surface area contributed by atoms with Crippen molar-refractivity contribution in [2.75, 3.05) is 6.61 Å². The monoisotopic (exact) mass is 477 g/mol. The highest BCUT2D eigenvalue weighted by atomic mass is 32.1. The molecule has 5 rings (SSSR count). The van der Waals surface area contributed by atoms with Crippen molar-refractivity contribution in [3.63, 3.8) is 0 Å². The van der Waals surface area contributed by atoms with Gasteiger partial charge >= 0.3 is 5.97 Å². The largest absolute Gasteiger partial charge is 0.494 e. The van der Waals surface area contributed by atoms with E-state index in [0.717, 1.165) is 49.1 Å². The number of esters is 1. The molecule has 2 heterocycles. The van der Waals surface area contributed by atoms with Crippen molar-refractivity contribution in [2.45, 2.75) is 70.3 Å². The first-order chi connectivity index (χ1) is 16.6. The maximum absolute atomic E-state index is 13.7. The number of ether oxygens (including phenoxy) is 2. The van der Waals surface area contributed by atoms with Crippen molar-refractivity contribution in [1.82, 2.24) is 5.32 Å². The lowest BCUT2D eigenvalue weighted by Crippen LogP contribution is -2.36. The third-order valence-electron chi connectivity index (χ3n) is 7.10. The molecule has 1 aromatic carbocycles. The van der Waals surface area contributed by atoms with Gasteiger partial charge in [-0.15, -0.1) is 11.3 Å². The van der Waals surface area contributed by atoms with Crippen LogP contribution < -0.4 is 10.1 Å². The molecule has 2 unspecified atom stereocenters. The van der Waals surface area contributed by atoms with Gasteiger partial charge in [-0.2, -0.15) is 0 Å². The highest BCUT2D eigenvalue weighted by Crippen LogP contribution is 2.48. The number of hydrogen-bond donors (Lipinski definition) is 1. The fourth-order valence-corrected chi connectivity index (χ4v) is 6.40. The molecule has 1 aliphatic heterocycles. The summed E-state index contributed by atoms with van der Waals surface area (Å²) in [6, 6.07) is 11.9. The highest BCUT2D eigenvalue weighted by molar-refractivity contribution is 7.10. The molecule has 1 aromatic heterocycles. The van der Waals surface area contributed by atoms with E-state index in [1.807, 2.05) is 44.2 Å². The fourth-order valence-electron chi connectivity index (χ4n) is 5.57. The van der Waals surface area contributed by atoms with Gasteiger partial charge in [-0.1, -0.05) is 24.3 Å². The Morgan fingerprint density at radius 2 is 1.91 bits per heavy atom. The Balaban J connectivity index is 1.58. The number of dihydropyridines is 1. The predicted molar refractivity (Wildman–Crippen MR) is 133 cm³/mol. The Kier molecular flexibility index (Phi) is 6.59. The van der Waals surface area contributed by atoms with Crippen LogP contribution in [-0.4, -0.2) is 24.5 Å². The number of allylic oxidation sites excluding steroid dienone is 3. The smallest absolute Gasteiger partial charge is 0.337 e. The molecule has 2 aromatic rings. The maximum Gasteiger partial charge on any atom is 0.337 e. The normalized spacial score (nSPS) is 23.1. The zero-order valence-electron chi connectivity index (χ0n) is 19.8. The minimum atomic E-state index is -0.496. The van der Waals surface area contributed by atoms with Gasteiger partial charge in [0.15, 0.2) is 5.78 Å². The van der Waals surface area contributed by atoms with Crippen molar-refractivity contribution in [3.8, 4) is 5.75 Å². The van der Waals surface area contributed by atoms with Crippen LogP contribution in [0.5, 0.6) is 5.75 Å². The summed E-state index contributed by atoms with van der Waals surface area (Å²) in [6.07, 6.45) is 5.12. The van der Waals surface area contributed by atoms with E-state index >= 15 is 0 Å². The Morgan fingerprint density at radius 1 is 1.12 bits per heavy atom. The summed E-state index contributed by atoms with van der Waals surface area (Å²) in [5, 5.41) is 5.51. The van der Waals surface area contributed by atoms with E-state index in [0.29, 0.717) is 29.9 Å². The summed E-state index contributed by atoms with van der Waals surface area (Å²) in [5.41, 5.74) is 3.74. The number of rotatable bonds is 6. The van der Waals surface area contributed by atoms with E-state index in [9.17, 15) is 9.59 Å². The van der Waals surface area contributed by atoms with Gasteiger partial charge in [0.05, 0.1) is 18.1 Å². The number of benzene rings is 1. The first kappa shape index (κ1) is 22.9. The summed E-state index contributed by atoms with van der Waals surface area (Å²) < 4.78 is 11.9. The third-order valence-corrected chi connectivity index (χ3v) is 8.13. The van der Waals surface area contributed by atoms with Crippen LogP contribution in [-0.2, 0) is 14.3 Å². The summed E-state index contributed by atoms with van der Waals surface area (Å²) in [6.45, 7) is 4.37. The lowest BCUT2D eigenvalue weighted by Gasteiger charge is -2.37. The van der Waals surface area contributed by atoms with Crippen LogP contribution >= 0.6 is 11.3 Å². The van der Waals surface area contributed by atoms with Gasteiger partial charge in [0.1, 0.15) is 11.9 Å². The summed E-state index contributed by atoms with van der Waals surface area (Å²) in [4.78, 5) is 28.5. The summed E-state index contributed by atoms with van der Waals surface area (Å²) >= 11 is 1.69. The minimum absolute atomic E-state index is 0.0452. The lowest BCUT2D eigenvalue weighted by atomic mass is 9.72. The second-order valence-electron chi connectivity index (χ2n) is 9.32. The molecule has 1 N–H and O–H groups in total. The Labute approximate surface area is 204 Å². The van der Waals surface area contributed by atoms with E-state index in [1.165, 1.54) is 4.88 Å². The number of nitrogens with one attached hydrogen (secondary N) is 1. The molecule has 2 aliphatic carbocycles. The van der Waals surface area contributed by atoms with Crippen LogP contribution in [0.25, 0.3) is 0 Å². The highest BCUT2D eigenvalue weighted by Gasteiger charge is 2.43. The zero-order chi connectivity index (χ0) is 23.7. The van der Waals surface area contributed by atoms with Crippen molar-refractivity contribution < 1.29 is 19.1 Å². The quantitative estimate of drug-likeness (QED) is 0.518. The topological polar surface area (TPSA) is 64.6 Å². The molecular weight excluding hydrogens is 446 g/mol. The second kappa shape index (κ2) is 9.79. The standard InChI is InChI=1S/C28H31NO4S/c1-3-32-23-12-7-6-11-20(23)26-25(28(31)33-19-9-4-5-10-19)17(2)29-21-15-18(16-22(30)27(21)26)24-13-8-14-34-24/h6-8,11-14,18-19,26,29H,3-5,9-10,15-16H2,1-2H3. The lowest BCUT2D eigenvalue weighted by molar-refractivity contribution is -0.144. The summed E-state index contributed by atoms with van der Waals surface area (Å²) in [5.74, 6) is 0.122. The fraction of sp³-hybridized carbons (Fsp3) is 0.429. The van der Waals surface area contributed by atoms with E-state index in [4.69, 9.17) is 9.47 Å². The van der Waals surface area contributed by atoms with Crippen LogP contribution in [0.4, 0.5) is 0 Å². The first-order valence-electron chi connectivity index (χ1n) is 12.3. The van der Waals surface area contributed by atoms with Crippen molar-refractivity contribution in [2.24, 2.45) is 0 Å². The molecule has 0 amide bonds. The van der Waals surface area contributed by atoms with Crippen molar-refractivity contribution in [1.29, 1.82) is 0 Å². The van der Waals surface area contributed by atoms with Gasteiger partial charge in [-0.05, 0) is 63.5 Å². The molecule has 178 valence electrons. The molecule has 6 heteroatoms. The minimum Gasteiger partial charge on any atom is -0.494 e. The van der Waals surface area contributed by atoms with Crippen LogP contribution in [0.15, 0.2) is 64.3 Å². The molecule has 0 spiro atoms. The zero-order valence-corrected chi connectivity index (χ0v) is 20.6. The molecular formula is C28H31NO4S. The number of ketones is 1. The Morgan fingerprint density at radius 3 is 2.65 bits per heavy atom. The molecule has 3 aliphatic rings. The van der Waals surface area contributed by atoms with Crippen molar-refractivity contribution in [3.05, 3.63) is 74.8 Å². The van der Waals surface area contributed by atoms with Crippen LogP contribution in [0, 0.1) is 0 Å². The molecule has 1 fully saturated rings. The third kappa shape index (κ3) is 4.31. The van der Waals surface area contributed by atoms with Crippen molar-refractivity contribution >= 4 is 23.1 Å².